The molecule has 0 atom stereocenters. The number of thioether (sulfide) groups is 1. The second kappa shape index (κ2) is 6.84. The minimum Gasteiger partial charge on any atom is -0.268 e. The summed E-state index contributed by atoms with van der Waals surface area (Å²) in [6.07, 6.45) is 2.77. The van der Waals surface area contributed by atoms with Crippen LogP contribution in [0.15, 0.2) is 58.5 Å². The van der Waals surface area contributed by atoms with E-state index in [1.807, 2.05) is 17.0 Å². The first-order valence-electron chi connectivity index (χ1n) is 10.1. The molecule has 0 bridgehead atoms. The van der Waals surface area contributed by atoms with Gasteiger partial charge in [0, 0.05) is 11.0 Å². The number of aryl methyl sites for hydroxylation is 1. The first kappa shape index (κ1) is 19.1. The lowest BCUT2D eigenvalue weighted by molar-refractivity contribution is 0.505. The maximum absolute atomic E-state index is 13.7. The fourth-order valence-corrected chi connectivity index (χ4v) is 4.95. The van der Waals surface area contributed by atoms with Crippen molar-refractivity contribution in [1.82, 2.24) is 19.2 Å². The summed E-state index contributed by atoms with van der Waals surface area (Å²) in [7, 11) is 0. The zero-order valence-electron chi connectivity index (χ0n) is 17.6. The fraction of sp³-hybridized carbons (Fsp3) is 0.292. The number of benzene rings is 2. The van der Waals surface area contributed by atoms with E-state index in [0.29, 0.717) is 17.5 Å². The van der Waals surface area contributed by atoms with Gasteiger partial charge in [-0.1, -0.05) is 79.7 Å². The van der Waals surface area contributed by atoms with E-state index in [4.69, 9.17) is 10.1 Å². The van der Waals surface area contributed by atoms with Crippen molar-refractivity contribution in [2.75, 3.05) is 6.26 Å². The molecule has 2 aromatic carbocycles. The minimum atomic E-state index is -0.288. The van der Waals surface area contributed by atoms with E-state index < -0.39 is 0 Å². The highest BCUT2D eigenvalue weighted by atomic mass is 32.2. The Morgan fingerprint density at radius 1 is 1.10 bits per heavy atom. The Morgan fingerprint density at radius 2 is 1.83 bits per heavy atom. The molecule has 0 saturated heterocycles. The monoisotopic (exact) mass is 416 g/mol. The van der Waals surface area contributed by atoms with Gasteiger partial charge in [-0.25, -0.2) is 14.1 Å². The summed E-state index contributed by atoms with van der Waals surface area (Å²) in [6, 6.07) is 16.7. The predicted molar refractivity (Wildman–Crippen MR) is 121 cm³/mol. The van der Waals surface area contributed by atoms with Crippen LogP contribution in [0.5, 0.6) is 0 Å². The van der Waals surface area contributed by atoms with Crippen molar-refractivity contribution in [3.05, 3.63) is 81.1 Å². The molecule has 2 aromatic heterocycles. The summed E-state index contributed by atoms with van der Waals surface area (Å²) in [5, 5.41) is 5.41. The Morgan fingerprint density at radius 3 is 2.57 bits per heavy atom. The molecule has 5 rings (SSSR count). The molecule has 0 saturated carbocycles. The molecule has 0 spiro atoms. The summed E-state index contributed by atoms with van der Waals surface area (Å²) in [5.41, 5.74) is 5.93. The van der Waals surface area contributed by atoms with Gasteiger partial charge in [-0.2, -0.15) is 0 Å². The Hall–Kier alpha value is -2.86. The van der Waals surface area contributed by atoms with Crippen molar-refractivity contribution in [2.24, 2.45) is 0 Å². The van der Waals surface area contributed by atoms with Crippen LogP contribution in [0, 0.1) is 6.92 Å². The third kappa shape index (κ3) is 2.89. The third-order valence-electron chi connectivity index (χ3n) is 5.91. The number of hydrogen-bond acceptors (Lipinski definition) is 4. The average molecular weight is 417 g/mol. The number of aromatic nitrogens is 4. The van der Waals surface area contributed by atoms with Crippen LogP contribution < -0.4 is 5.56 Å². The molecule has 0 aliphatic heterocycles. The van der Waals surface area contributed by atoms with E-state index in [0.717, 1.165) is 28.8 Å². The summed E-state index contributed by atoms with van der Waals surface area (Å²) in [5.74, 6) is 0.594. The lowest BCUT2D eigenvalue weighted by Gasteiger charge is -2.32. The van der Waals surface area contributed by atoms with Crippen LogP contribution in [-0.4, -0.2) is 25.4 Å². The van der Waals surface area contributed by atoms with E-state index in [9.17, 15) is 4.79 Å². The molecule has 0 N–H and O–H groups in total. The number of nitrogens with zero attached hydrogens (tertiary/aromatic N) is 4. The van der Waals surface area contributed by atoms with Crippen LogP contribution >= 0.6 is 11.8 Å². The SMILES string of the molecule is CSc1nn(Cc2ccc(C)cc2)c2nc3c(c(=O)n12)C(C)(C)Cc1ccccc1-3. The van der Waals surface area contributed by atoms with Crippen LogP contribution in [0.25, 0.3) is 17.0 Å². The van der Waals surface area contributed by atoms with E-state index >= 15 is 0 Å². The van der Waals surface area contributed by atoms with Gasteiger partial charge in [0.05, 0.1) is 17.8 Å². The number of fused-ring (bicyclic) bond motifs is 4. The molecule has 0 unspecified atom stereocenters. The molecule has 0 amide bonds. The molecule has 0 fully saturated rings. The van der Waals surface area contributed by atoms with E-state index in [1.165, 1.54) is 22.9 Å². The molecule has 1 aliphatic rings. The smallest absolute Gasteiger partial charge is 0.265 e. The molecule has 1 aliphatic carbocycles. The molecule has 6 heteroatoms. The van der Waals surface area contributed by atoms with Gasteiger partial charge in [0.2, 0.25) is 5.78 Å². The summed E-state index contributed by atoms with van der Waals surface area (Å²) in [6.45, 7) is 6.91. The first-order valence-corrected chi connectivity index (χ1v) is 11.3. The maximum Gasteiger partial charge on any atom is 0.265 e. The summed E-state index contributed by atoms with van der Waals surface area (Å²) in [4.78, 5) is 18.8. The standard InChI is InChI=1S/C24H24N4OS/c1-15-9-11-16(12-10-15)14-27-22-25-20-18-8-6-5-7-17(18)13-24(2,3)19(20)21(29)28(22)23(26-27)30-4/h5-12H,13-14H2,1-4H3. The molecule has 2 heterocycles. The van der Waals surface area contributed by atoms with Crippen molar-refractivity contribution in [2.45, 2.75) is 44.3 Å². The molecule has 4 aromatic rings. The largest absolute Gasteiger partial charge is 0.268 e. The first-order chi connectivity index (χ1) is 14.4. The van der Waals surface area contributed by atoms with Crippen LogP contribution in [-0.2, 0) is 18.4 Å². The van der Waals surface area contributed by atoms with Gasteiger partial charge >= 0.3 is 0 Å². The Balaban J connectivity index is 1.79. The topological polar surface area (TPSA) is 52.2 Å². The van der Waals surface area contributed by atoms with Gasteiger partial charge in [-0.15, -0.1) is 5.10 Å². The number of hydrogen-bond donors (Lipinski definition) is 0. The van der Waals surface area contributed by atoms with Crippen molar-refractivity contribution >= 4 is 17.5 Å². The fourth-order valence-electron chi connectivity index (χ4n) is 4.43. The van der Waals surface area contributed by atoms with E-state index in [-0.39, 0.29) is 11.0 Å². The lowest BCUT2D eigenvalue weighted by atomic mass is 9.72. The summed E-state index contributed by atoms with van der Waals surface area (Å²) < 4.78 is 3.54. The number of rotatable bonds is 3. The highest BCUT2D eigenvalue weighted by Gasteiger charge is 2.36. The molecule has 152 valence electrons. The highest BCUT2D eigenvalue weighted by molar-refractivity contribution is 7.98. The second-order valence-electron chi connectivity index (χ2n) is 8.62. The quantitative estimate of drug-likeness (QED) is 0.463. The molecule has 0 radical (unpaired) electrons. The van der Waals surface area contributed by atoms with Gasteiger partial charge < -0.3 is 0 Å². The molecule has 30 heavy (non-hydrogen) atoms. The zero-order chi connectivity index (χ0) is 21.0. The van der Waals surface area contributed by atoms with Crippen molar-refractivity contribution in [1.29, 1.82) is 0 Å². The van der Waals surface area contributed by atoms with Gasteiger partial charge in [0.15, 0.2) is 5.16 Å². The Kier molecular flexibility index (Phi) is 4.36. The molecular formula is C24H24N4OS. The van der Waals surface area contributed by atoms with Gasteiger partial charge in [0.1, 0.15) is 0 Å². The Bertz CT molecular complexity index is 1330. The molecule has 5 nitrogen and oxygen atoms in total. The predicted octanol–water partition coefficient (Wildman–Crippen LogP) is 4.47. The average Bonchev–Trinajstić information content (AvgIpc) is 3.07. The van der Waals surface area contributed by atoms with Gasteiger partial charge in [-0.05, 0) is 30.7 Å². The van der Waals surface area contributed by atoms with Gasteiger partial charge in [-0.3, -0.25) is 4.79 Å². The van der Waals surface area contributed by atoms with Crippen LogP contribution in [0.3, 0.4) is 0 Å². The normalized spacial score (nSPS) is 14.5. The highest BCUT2D eigenvalue weighted by Crippen LogP contribution is 2.40. The second-order valence-corrected chi connectivity index (χ2v) is 9.40. The molecular weight excluding hydrogens is 392 g/mol. The van der Waals surface area contributed by atoms with Crippen LogP contribution in [0.1, 0.15) is 36.1 Å². The van der Waals surface area contributed by atoms with Gasteiger partial charge in [0.25, 0.3) is 5.56 Å². The Labute approximate surface area is 179 Å². The zero-order valence-corrected chi connectivity index (χ0v) is 18.5. The van der Waals surface area contributed by atoms with Crippen molar-refractivity contribution in [3.63, 3.8) is 0 Å². The van der Waals surface area contributed by atoms with Crippen LogP contribution in [0.4, 0.5) is 0 Å². The third-order valence-corrected chi connectivity index (χ3v) is 6.54. The maximum atomic E-state index is 13.7. The van der Waals surface area contributed by atoms with Crippen molar-refractivity contribution < 1.29 is 0 Å². The van der Waals surface area contributed by atoms with E-state index in [2.05, 4.69) is 63.2 Å². The lowest BCUT2D eigenvalue weighted by Crippen LogP contribution is -2.36. The van der Waals surface area contributed by atoms with Crippen LogP contribution in [0.2, 0.25) is 0 Å². The minimum absolute atomic E-state index is 0.00555. The van der Waals surface area contributed by atoms with Crippen molar-refractivity contribution in [3.8, 4) is 11.3 Å². The summed E-state index contributed by atoms with van der Waals surface area (Å²) >= 11 is 1.47. The van der Waals surface area contributed by atoms with E-state index in [1.54, 1.807) is 4.40 Å².